The van der Waals surface area contributed by atoms with Crippen molar-refractivity contribution in [2.24, 2.45) is 5.92 Å². The maximum Gasteiger partial charge on any atom is 0.0741 e. The molecule has 1 aliphatic carbocycles. The highest BCUT2D eigenvalue weighted by Crippen LogP contribution is 2.43. The van der Waals surface area contributed by atoms with E-state index < -0.39 is 0 Å². The van der Waals surface area contributed by atoms with E-state index in [2.05, 4.69) is 19.4 Å². The van der Waals surface area contributed by atoms with Gasteiger partial charge in [0.15, 0.2) is 0 Å². The van der Waals surface area contributed by atoms with E-state index in [0.29, 0.717) is 5.54 Å². The Morgan fingerprint density at radius 2 is 2.56 bits per heavy atom. The summed E-state index contributed by atoms with van der Waals surface area (Å²) < 4.78 is 0. The molecule has 2 N–H and O–H groups in total. The van der Waals surface area contributed by atoms with Crippen molar-refractivity contribution in [1.82, 2.24) is 5.32 Å². The van der Waals surface area contributed by atoms with Crippen molar-refractivity contribution in [1.29, 1.82) is 0 Å². The molecule has 1 saturated heterocycles. The molecular formula is C7H14N2. The zero-order valence-electron chi connectivity index (χ0n) is 5.91. The summed E-state index contributed by atoms with van der Waals surface area (Å²) in [6, 6.07) is 0. The van der Waals surface area contributed by atoms with Gasteiger partial charge in [-0.3, -0.25) is 0 Å². The summed E-state index contributed by atoms with van der Waals surface area (Å²) in [5.74, 6) is 0.940. The quantitative estimate of drug-likeness (QED) is 0.415. The fourth-order valence-corrected chi connectivity index (χ4v) is 2.13. The summed E-state index contributed by atoms with van der Waals surface area (Å²) in [5.41, 5.74) is 0.525. The smallest absolute Gasteiger partial charge is 0.0741 e. The third kappa shape index (κ3) is 0.634. The van der Waals surface area contributed by atoms with Crippen LogP contribution in [0.2, 0.25) is 0 Å². The van der Waals surface area contributed by atoms with Gasteiger partial charge in [0.2, 0.25) is 0 Å². The highest BCUT2D eigenvalue weighted by atomic mass is 15.2. The SMILES string of the molecule is [CH2-][NH+]1C[C@H]2C[C@@]2(NC)C1. The van der Waals surface area contributed by atoms with Crippen LogP contribution in [0, 0.1) is 13.0 Å². The van der Waals surface area contributed by atoms with Crippen LogP contribution in [0.5, 0.6) is 0 Å². The maximum atomic E-state index is 3.99. The first-order valence-electron chi connectivity index (χ1n) is 3.62. The molecule has 2 nitrogen and oxygen atoms in total. The molecule has 52 valence electrons. The third-order valence-corrected chi connectivity index (χ3v) is 2.83. The summed E-state index contributed by atoms with van der Waals surface area (Å²) in [7, 11) is 6.06. The van der Waals surface area contributed by atoms with Gasteiger partial charge in [0.25, 0.3) is 0 Å². The summed E-state index contributed by atoms with van der Waals surface area (Å²) in [6.45, 7) is 2.51. The molecule has 3 atom stereocenters. The zero-order chi connectivity index (χ0) is 6.48. The van der Waals surface area contributed by atoms with Crippen molar-refractivity contribution in [3.05, 3.63) is 7.05 Å². The van der Waals surface area contributed by atoms with Crippen molar-refractivity contribution in [2.45, 2.75) is 12.0 Å². The van der Waals surface area contributed by atoms with Gasteiger partial charge < -0.3 is 10.2 Å². The topological polar surface area (TPSA) is 16.5 Å². The lowest BCUT2D eigenvalue weighted by Crippen LogP contribution is -3.06. The molecule has 2 aliphatic rings. The number of rotatable bonds is 1. The Morgan fingerprint density at radius 1 is 1.78 bits per heavy atom. The number of fused-ring (bicyclic) bond motifs is 1. The minimum atomic E-state index is 0.525. The molecule has 2 fully saturated rings. The average Bonchev–Trinajstić information content (AvgIpc) is 2.38. The fourth-order valence-electron chi connectivity index (χ4n) is 2.13. The second-order valence-corrected chi connectivity index (χ2v) is 3.44. The zero-order valence-corrected chi connectivity index (χ0v) is 5.91. The van der Waals surface area contributed by atoms with Gasteiger partial charge in [0, 0.05) is 5.92 Å². The molecule has 0 aromatic heterocycles. The van der Waals surface area contributed by atoms with Crippen molar-refractivity contribution in [3.63, 3.8) is 0 Å². The first kappa shape index (κ1) is 5.69. The predicted octanol–water partition coefficient (Wildman–Crippen LogP) is -1.35. The Hall–Kier alpha value is -0.0800. The average molecular weight is 126 g/mol. The van der Waals surface area contributed by atoms with E-state index in [1.54, 1.807) is 0 Å². The van der Waals surface area contributed by atoms with Crippen LogP contribution >= 0.6 is 0 Å². The van der Waals surface area contributed by atoms with Gasteiger partial charge in [-0.25, -0.2) is 0 Å². The summed E-state index contributed by atoms with van der Waals surface area (Å²) in [6.07, 6.45) is 1.39. The Kier molecular flexibility index (Phi) is 0.945. The van der Waals surface area contributed by atoms with Crippen LogP contribution in [0.3, 0.4) is 0 Å². The predicted molar refractivity (Wildman–Crippen MR) is 36.0 cm³/mol. The first-order valence-corrected chi connectivity index (χ1v) is 3.62. The Morgan fingerprint density at radius 3 is 2.89 bits per heavy atom. The minimum absolute atomic E-state index is 0.525. The third-order valence-electron chi connectivity index (χ3n) is 2.83. The van der Waals surface area contributed by atoms with E-state index in [1.807, 2.05) is 0 Å². The Balaban J connectivity index is 2.05. The molecule has 0 bridgehead atoms. The van der Waals surface area contributed by atoms with E-state index in [9.17, 15) is 0 Å². The standard InChI is InChI=1S/C7H14N2/c1-8-7-3-6(7)4-9(2)5-7/h6,8-9H,2-5H2,1H3/t6-,7-/m1/s1. The van der Waals surface area contributed by atoms with Gasteiger partial charge in [-0.1, -0.05) is 0 Å². The van der Waals surface area contributed by atoms with Crippen LogP contribution in [0.15, 0.2) is 0 Å². The fraction of sp³-hybridized carbons (Fsp3) is 0.857. The second-order valence-electron chi connectivity index (χ2n) is 3.44. The molecule has 2 heteroatoms. The van der Waals surface area contributed by atoms with Crippen LogP contribution < -0.4 is 10.2 Å². The van der Waals surface area contributed by atoms with Gasteiger partial charge in [0.05, 0.1) is 18.6 Å². The number of likely N-dealkylation sites (N-methyl/N-ethyl adjacent to an activating group) is 1. The highest BCUT2D eigenvalue weighted by Gasteiger charge is 2.60. The van der Waals surface area contributed by atoms with E-state index in [-0.39, 0.29) is 0 Å². The van der Waals surface area contributed by atoms with Crippen LogP contribution in [-0.4, -0.2) is 25.7 Å². The largest absolute Gasteiger partial charge is 0.466 e. The lowest BCUT2D eigenvalue weighted by molar-refractivity contribution is -0.846. The maximum absolute atomic E-state index is 3.99. The number of hydrogen-bond acceptors (Lipinski definition) is 1. The van der Waals surface area contributed by atoms with Gasteiger partial charge in [-0.05, 0) is 13.5 Å². The minimum Gasteiger partial charge on any atom is -0.466 e. The molecule has 0 spiro atoms. The molecule has 0 aromatic rings. The van der Waals surface area contributed by atoms with Crippen molar-refractivity contribution in [3.8, 4) is 0 Å². The molecule has 2 rings (SSSR count). The highest BCUT2D eigenvalue weighted by molar-refractivity contribution is 5.11. The lowest BCUT2D eigenvalue weighted by Gasteiger charge is -2.17. The molecule has 0 amide bonds. The van der Waals surface area contributed by atoms with Crippen molar-refractivity contribution < 1.29 is 4.90 Å². The Labute approximate surface area is 56.2 Å². The van der Waals surface area contributed by atoms with Gasteiger partial charge in [-0.2, -0.15) is 7.05 Å². The van der Waals surface area contributed by atoms with Gasteiger partial charge in [0.1, 0.15) is 0 Å². The molecule has 0 aromatic carbocycles. The van der Waals surface area contributed by atoms with E-state index in [4.69, 9.17) is 0 Å². The van der Waals surface area contributed by atoms with Crippen LogP contribution in [0.1, 0.15) is 6.42 Å². The van der Waals surface area contributed by atoms with E-state index >= 15 is 0 Å². The normalized spacial score (nSPS) is 55.3. The van der Waals surface area contributed by atoms with E-state index in [0.717, 1.165) is 5.92 Å². The van der Waals surface area contributed by atoms with Crippen LogP contribution in [0.25, 0.3) is 0 Å². The molecule has 1 aliphatic heterocycles. The Bertz CT molecular complexity index is 131. The molecule has 1 saturated carbocycles. The summed E-state index contributed by atoms with van der Waals surface area (Å²) in [5, 5.41) is 3.38. The van der Waals surface area contributed by atoms with Crippen LogP contribution in [-0.2, 0) is 0 Å². The second kappa shape index (κ2) is 1.50. The molecule has 0 radical (unpaired) electrons. The first-order chi connectivity index (χ1) is 4.27. The molecular weight excluding hydrogens is 112 g/mol. The van der Waals surface area contributed by atoms with Crippen LogP contribution in [0.4, 0.5) is 0 Å². The number of piperidine rings is 1. The van der Waals surface area contributed by atoms with Crippen molar-refractivity contribution >= 4 is 0 Å². The number of hydrogen-bond donors (Lipinski definition) is 2. The number of nitrogens with one attached hydrogen (secondary N) is 2. The lowest BCUT2D eigenvalue weighted by atomic mass is 10.2. The van der Waals surface area contributed by atoms with Gasteiger partial charge in [-0.15, -0.1) is 0 Å². The molecule has 9 heavy (non-hydrogen) atoms. The number of quaternary nitrogens is 1. The summed E-state index contributed by atoms with van der Waals surface area (Å²) in [4.78, 5) is 1.45. The van der Waals surface area contributed by atoms with Gasteiger partial charge >= 0.3 is 0 Å². The molecule has 1 unspecified atom stereocenters. The van der Waals surface area contributed by atoms with E-state index in [1.165, 1.54) is 24.4 Å². The monoisotopic (exact) mass is 126 g/mol. The molecule has 1 heterocycles. The van der Waals surface area contributed by atoms with Crippen molar-refractivity contribution in [2.75, 3.05) is 20.1 Å². The summed E-state index contributed by atoms with van der Waals surface area (Å²) >= 11 is 0. The number of likely N-dealkylation sites (tertiary alicyclic amines) is 1.